The Hall–Kier alpha value is -1.55. The third-order valence-corrected chi connectivity index (χ3v) is 4.62. The summed E-state index contributed by atoms with van der Waals surface area (Å²) in [6.07, 6.45) is 0.815. The van der Waals surface area contributed by atoms with Gasteiger partial charge >= 0.3 is 0 Å². The molecule has 0 unspecified atom stereocenters. The molecular weight excluding hydrogens is 451 g/mol. The number of hydrogen-bond acceptors (Lipinski definition) is 5. The summed E-state index contributed by atoms with van der Waals surface area (Å²) in [4.78, 5) is 9.91. The van der Waals surface area contributed by atoms with E-state index in [9.17, 15) is 0 Å². The predicted molar refractivity (Wildman–Crippen MR) is 114 cm³/mol. The first-order chi connectivity index (χ1) is 11.5. The fraction of sp³-hybridized carbons (Fsp3) is 0.412. The first-order valence-electron chi connectivity index (χ1n) is 7.71. The summed E-state index contributed by atoms with van der Waals surface area (Å²) in [6, 6.07) is 5.89. The average Bonchev–Trinajstić information content (AvgIpc) is 2.90. The second-order valence-corrected chi connectivity index (χ2v) is 6.60. The molecule has 1 aromatic carbocycles. The van der Waals surface area contributed by atoms with Gasteiger partial charge < -0.3 is 20.5 Å². The maximum absolute atomic E-state index is 5.92. The van der Waals surface area contributed by atoms with Gasteiger partial charge in [-0.1, -0.05) is 6.07 Å². The number of nitrogens with zero attached hydrogens (tertiary/aromatic N) is 2. The van der Waals surface area contributed by atoms with Gasteiger partial charge in [0.25, 0.3) is 0 Å². The molecule has 0 radical (unpaired) electrons. The molecule has 2 rings (SSSR count). The van der Waals surface area contributed by atoms with Crippen LogP contribution in [0, 0.1) is 13.8 Å². The second kappa shape index (κ2) is 10.4. The number of halogens is 1. The molecule has 0 amide bonds. The zero-order chi connectivity index (χ0) is 17.5. The molecule has 0 aliphatic rings. The van der Waals surface area contributed by atoms with Crippen LogP contribution in [0.2, 0.25) is 0 Å². The van der Waals surface area contributed by atoms with Gasteiger partial charge in [-0.05, 0) is 38.0 Å². The summed E-state index contributed by atoms with van der Waals surface area (Å²) >= 11 is 1.66. The summed E-state index contributed by atoms with van der Waals surface area (Å²) in [5, 5.41) is 4.19. The summed E-state index contributed by atoms with van der Waals surface area (Å²) in [7, 11) is 3.26. The van der Waals surface area contributed by atoms with E-state index in [1.165, 1.54) is 0 Å². The molecule has 6 nitrogen and oxygen atoms in total. The van der Waals surface area contributed by atoms with Gasteiger partial charge in [-0.25, -0.2) is 9.98 Å². The maximum atomic E-state index is 5.92. The largest absolute Gasteiger partial charge is 0.493 e. The van der Waals surface area contributed by atoms with Crippen LogP contribution in [0.4, 0.5) is 0 Å². The molecule has 3 N–H and O–H groups in total. The Bertz CT molecular complexity index is 719. The molecule has 138 valence electrons. The van der Waals surface area contributed by atoms with Crippen LogP contribution in [0.1, 0.15) is 21.1 Å². The normalized spacial score (nSPS) is 11.0. The lowest BCUT2D eigenvalue weighted by molar-refractivity contribution is 0.354. The molecule has 0 saturated heterocycles. The minimum absolute atomic E-state index is 0. The van der Waals surface area contributed by atoms with Crippen molar-refractivity contribution >= 4 is 41.3 Å². The van der Waals surface area contributed by atoms with Crippen molar-refractivity contribution in [3.63, 3.8) is 0 Å². The standard InChI is InChI=1S/C17H24N4O2S.HI/c1-11-16(24-12(2)21-11)10-20-17(18)19-8-7-13-5-6-14(22-3)15(9-13)23-4;/h5-6,9H,7-8,10H2,1-4H3,(H3,18,19,20);1H. The third-order valence-electron chi connectivity index (χ3n) is 3.56. The van der Waals surface area contributed by atoms with E-state index in [1.807, 2.05) is 32.0 Å². The van der Waals surface area contributed by atoms with Crippen molar-refractivity contribution < 1.29 is 9.47 Å². The quantitative estimate of drug-likeness (QED) is 0.365. The van der Waals surface area contributed by atoms with Gasteiger partial charge in [0.15, 0.2) is 17.5 Å². The van der Waals surface area contributed by atoms with E-state index in [0.717, 1.165) is 39.1 Å². The van der Waals surface area contributed by atoms with Crippen LogP contribution in [-0.4, -0.2) is 31.7 Å². The lowest BCUT2D eigenvalue weighted by atomic mass is 10.1. The fourth-order valence-corrected chi connectivity index (χ4v) is 3.17. The smallest absolute Gasteiger partial charge is 0.188 e. The number of aliphatic imine (C=N–C) groups is 1. The Labute approximate surface area is 169 Å². The van der Waals surface area contributed by atoms with Gasteiger partial charge in [0, 0.05) is 11.4 Å². The van der Waals surface area contributed by atoms with Crippen LogP contribution in [0.15, 0.2) is 23.2 Å². The summed E-state index contributed by atoms with van der Waals surface area (Å²) in [5.41, 5.74) is 8.09. The monoisotopic (exact) mass is 476 g/mol. The van der Waals surface area contributed by atoms with Crippen molar-refractivity contribution in [2.75, 3.05) is 20.8 Å². The molecule has 0 aliphatic heterocycles. The van der Waals surface area contributed by atoms with Crippen molar-refractivity contribution in [1.29, 1.82) is 0 Å². The number of aromatic nitrogens is 1. The van der Waals surface area contributed by atoms with E-state index in [4.69, 9.17) is 15.2 Å². The van der Waals surface area contributed by atoms with Crippen LogP contribution < -0.4 is 20.5 Å². The number of thiazole rings is 1. The summed E-state index contributed by atoms with van der Waals surface area (Å²) < 4.78 is 10.5. The molecule has 0 aliphatic carbocycles. The first kappa shape index (κ1) is 21.5. The molecule has 2 aromatic rings. The topological polar surface area (TPSA) is 81.8 Å². The number of ether oxygens (including phenoxy) is 2. The van der Waals surface area contributed by atoms with Gasteiger partial charge in [0.1, 0.15) is 0 Å². The van der Waals surface area contributed by atoms with Gasteiger partial charge in [-0.3, -0.25) is 0 Å². The Morgan fingerprint density at radius 3 is 2.56 bits per heavy atom. The molecule has 0 saturated carbocycles. The Morgan fingerprint density at radius 2 is 1.96 bits per heavy atom. The molecule has 0 spiro atoms. The molecule has 1 aromatic heterocycles. The van der Waals surface area contributed by atoms with Crippen molar-refractivity contribution in [2.45, 2.75) is 26.8 Å². The molecule has 1 heterocycles. The van der Waals surface area contributed by atoms with Crippen molar-refractivity contribution in [1.82, 2.24) is 10.3 Å². The highest BCUT2D eigenvalue weighted by molar-refractivity contribution is 14.0. The maximum Gasteiger partial charge on any atom is 0.188 e. The number of guanidine groups is 1. The van der Waals surface area contributed by atoms with E-state index in [0.29, 0.717) is 19.0 Å². The van der Waals surface area contributed by atoms with Crippen LogP contribution in [-0.2, 0) is 13.0 Å². The molecule has 25 heavy (non-hydrogen) atoms. The fourth-order valence-electron chi connectivity index (χ4n) is 2.30. The highest BCUT2D eigenvalue weighted by Crippen LogP contribution is 2.27. The molecule has 0 bridgehead atoms. The molecule has 0 fully saturated rings. The predicted octanol–water partition coefficient (Wildman–Crippen LogP) is 3.04. The molecule has 8 heteroatoms. The van der Waals surface area contributed by atoms with Crippen LogP contribution in [0.5, 0.6) is 11.5 Å². The van der Waals surface area contributed by atoms with Gasteiger partial charge in [0.2, 0.25) is 0 Å². The van der Waals surface area contributed by atoms with E-state index in [-0.39, 0.29) is 24.0 Å². The Morgan fingerprint density at radius 1 is 1.24 bits per heavy atom. The Balaban J connectivity index is 0.00000312. The number of nitrogens with two attached hydrogens (primary N) is 1. The minimum atomic E-state index is 0. The molecule has 0 atom stereocenters. The van der Waals surface area contributed by atoms with E-state index in [2.05, 4.69) is 15.3 Å². The summed E-state index contributed by atoms with van der Waals surface area (Å²) in [5.74, 6) is 1.90. The van der Waals surface area contributed by atoms with Crippen LogP contribution >= 0.6 is 35.3 Å². The van der Waals surface area contributed by atoms with Crippen molar-refractivity contribution in [3.05, 3.63) is 39.3 Å². The number of methoxy groups -OCH3 is 2. The number of nitrogens with one attached hydrogen (secondary N) is 1. The zero-order valence-electron chi connectivity index (χ0n) is 15.0. The van der Waals surface area contributed by atoms with E-state index < -0.39 is 0 Å². The number of benzene rings is 1. The van der Waals surface area contributed by atoms with E-state index in [1.54, 1.807) is 25.6 Å². The minimum Gasteiger partial charge on any atom is -0.493 e. The average molecular weight is 476 g/mol. The zero-order valence-corrected chi connectivity index (χ0v) is 18.1. The van der Waals surface area contributed by atoms with Crippen molar-refractivity contribution in [3.8, 4) is 11.5 Å². The third kappa shape index (κ3) is 6.35. The second-order valence-electron chi connectivity index (χ2n) is 5.31. The number of aryl methyl sites for hydroxylation is 2. The van der Waals surface area contributed by atoms with Crippen LogP contribution in [0.3, 0.4) is 0 Å². The lowest BCUT2D eigenvalue weighted by Gasteiger charge is -2.10. The van der Waals surface area contributed by atoms with Gasteiger partial charge in [-0.15, -0.1) is 35.3 Å². The molecular formula is C17H25IN4O2S. The highest BCUT2D eigenvalue weighted by atomic mass is 127. The van der Waals surface area contributed by atoms with Crippen molar-refractivity contribution in [2.24, 2.45) is 10.7 Å². The SMILES string of the molecule is COc1ccc(CCNC(N)=NCc2sc(C)nc2C)cc1OC.I. The number of hydrogen-bond donors (Lipinski definition) is 2. The summed E-state index contributed by atoms with van der Waals surface area (Å²) in [6.45, 7) is 5.25. The lowest BCUT2D eigenvalue weighted by Crippen LogP contribution is -2.33. The van der Waals surface area contributed by atoms with Gasteiger partial charge in [-0.2, -0.15) is 0 Å². The Kier molecular flexibility index (Phi) is 8.98. The van der Waals surface area contributed by atoms with Gasteiger partial charge in [0.05, 0.1) is 31.5 Å². The van der Waals surface area contributed by atoms with E-state index >= 15 is 0 Å². The number of rotatable bonds is 7. The van der Waals surface area contributed by atoms with Crippen LogP contribution in [0.25, 0.3) is 0 Å². The first-order valence-corrected chi connectivity index (χ1v) is 8.52. The highest BCUT2D eigenvalue weighted by Gasteiger charge is 2.05.